The summed E-state index contributed by atoms with van der Waals surface area (Å²) in [6, 6.07) is 1.90. The lowest BCUT2D eigenvalue weighted by Crippen LogP contribution is -2.31. The topological polar surface area (TPSA) is 71.8 Å². The molecule has 0 radical (unpaired) electrons. The fourth-order valence-electron chi connectivity index (χ4n) is 2.37. The molecule has 3 rings (SSSR count). The van der Waals surface area contributed by atoms with Gasteiger partial charge in [0.05, 0.1) is 6.54 Å². The summed E-state index contributed by atoms with van der Waals surface area (Å²) in [4.78, 5) is 15.0. The van der Waals surface area contributed by atoms with Gasteiger partial charge in [-0.25, -0.2) is 0 Å². The summed E-state index contributed by atoms with van der Waals surface area (Å²) in [5.74, 6) is 1.18. The highest BCUT2D eigenvalue weighted by Gasteiger charge is 2.15. The Labute approximate surface area is 128 Å². The van der Waals surface area contributed by atoms with Gasteiger partial charge in [-0.3, -0.25) is 4.68 Å². The SMILES string of the molecule is Clc1nc(NCCn2cccn2)nc(N2CCCCC2)n1. The van der Waals surface area contributed by atoms with Crippen molar-refractivity contribution >= 4 is 23.5 Å². The van der Waals surface area contributed by atoms with Crippen LogP contribution >= 0.6 is 11.6 Å². The number of hydrogen-bond donors (Lipinski definition) is 1. The predicted octanol–water partition coefficient (Wildman–Crippen LogP) is 1.82. The van der Waals surface area contributed by atoms with Gasteiger partial charge in [0, 0.05) is 32.0 Å². The summed E-state index contributed by atoms with van der Waals surface area (Å²) >= 11 is 6.00. The zero-order valence-electron chi connectivity index (χ0n) is 11.7. The van der Waals surface area contributed by atoms with E-state index in [4.69, 9.17) is 11.6 Å². The molecule has 1 saturated heterocycles. The number of anilines is 2. The molecule has 2 aromatic rings. The summed E-state index contributed by atoms with van der Waals surface area (Å²) < 4.78 is 1.85. The van der Waals surface area contributed by atoms with Crippen LogP contribution in [0, 0.1) is 0 Å². The van der Waals surface area contributed by atoms with Crippen molar-refractivity contribution in [3.63, 3.8) is 0 Å². The van der Waals surface area contributed by atoms with Crippen LogP contribution in [0.5, 0.6) is 0 Å². The van der Waals surface area contributed by atoms with Gasteiger partial charge in [-0.2, -0.15) is 20.1 Å². The number of nitrogens with one attached hydrogen (secondary N) is 1. The van der Waals surface area contributed by atoms with Gasteiger partial charge in [0.25, 0.3) is 0 Å². The molecule has 0 aliphatic carbocycles. The van der Waals surface area contributed by atoms with Gasteiger partial charge >= 0.3 is 0 Å². The fraction of sp³-hybridized carbons (Fsp3) is 0.538. The predicted molar refractivity (Wildman–Crippen MR) is 81.6 cm³/mol. The van der Waals surface area contributed by atoms with Crippen LogP contribution < -0.4 is 10.2 Å². The van der Waals surface area contributed by atoms with E-state index in [0.717, 1.165) is 19.6 Å². The van der Waals surface area contributed by atoms with Crippen LogP contribution in [0.25, 0.3) is 0 Å². The van der Waals surface area contributed by atoms with E-state index >= 15 is 0 Å². The lowest BCUT2D eigenvalue weighted by molar-refractivity contribution is 0.567. The van der Waals surface area contributed by atoms with Gasteiger partial charge in [0.1, 0.15) is 0 Å². The van der Waals surface area contributed by atoms with Crippen LogP contribution in [0.2, 0.25) is 5.28 Å². The average Bonchev–Trinajstić information content (AvgIpc) is 3.01. The zero-order valence-corrected chi connectivity index (χ0v) is 12.5. The summed E-state index contributed by atoms with van der Waals surface area (Å²) in [6.07, 6.45) is 7.29. The Bertz CT molecular complexity index is 566. The third-order valence-corrected chi connectivity index (χ3v) is 3.59. The summed E-state index contributed by atoms with van der Waals surface area (Å²) in [5, 5.41) is 7.54. The molecule has 0 amide bonds. The van der Waals surface area contributed by atoms with Crippen molar-refractivity contribution in [2.75, 3.05) is 29.9 Å². The second-order valence-electron chi connectivity index (χ2n) is 4.97. The van der Waals surface area contributed by atoms with E-state index in [2.05, 4.69) is 30.3 Å². The van der Waals surface area contributed by atoms with Crippen molar-refractivity contribution in [1.82, 2.24) is 24.7 Å². The second kappa shape index (κ2) is 6.71. The van der Waals surface area contributed by atoms with E-state index in [1.807, 2.05) is 16.9 Å². The van der Waals surface area contributed by atoms with Gasteiger partial charge in [-0.05, 0) is 36.9 Å². The third kappa shape index (κ3) is 3.81. The van der Waals surface area contributed by atoms with E-state index in [1.165, 1.54) is 19.3 Å². The minimum Gasteiger partial charge on any atom is -0.352 e. The molecule has 1 aliphatic rings. The minimum atomic E-state index is 0.229. The summed E-state index contributed by atoms with van der Waals surface area (Å²) in [5.41, 5.74) is 0. The zero-order chi connectivity index (χ0) is 14.5. The molecular weight excluding hydrogens is 290 g/mol. The van der Waals surface area contributed by atoms with Crippen LogP contribution in [-0.2, 0) is 6.54 Å². The number of aromatic nitrogens is 5. The van der Waals surface area contributed by atoms with E-state index < -0.39 is 0 Å². The first-order valence-corrected chi connectivity index (χ1v) is 7.57. The minimum absolute atomic E-state index is 0.229. The molecule has 112 valence electrons. The van der Waals surface area contributed by atoms with E-state index in [9.17, 15) is 0 Å². The Hall–Kier alpha value is -1.89. The molecule has 1 aliphatic heterocycles. The Kier molecular flexibility index (Phi) is 4.49. The smallest absolute Gasteiger partial charge is 0.231 e. The highest BCUT2D eigenvalue weighted by Crippen LogP contribution is 2.18. The van der Waals surface area contributed by atoms with Crippen LogP contribution in [0.1, 0.15) is 19.3 Å². The summed E-state index contributed by atoms with van der Waals surface area (Å²) in [6.45, 7) is 3.39. The van der Waals surface area contributed by atoms with Crippen molar-refractivity contribution in [2.24, 2.45) is 0 Å². The Morgan fingerprint density at radius 3 is 2.76 bits per heavy atom. The highest BCUT2D eigenvalue weighted by molar-refractivity contribution is 6.28. The van der Waals surface area contributed by atoms with Crippen molar-refractivity contribution in [3.05, 3.63) is 23.7 Å². The van der Waals surface area contributed by atoms with Gasteiger partial charge in [-0.15, -0.1) is 0 Å². The lowest BCUT2D eigenvalue weighted by atomic mass is 10.1. The Morgan fingerprint density at radius 2 is 2.00 bits per heavy atom. The molecular formula is C13H18ClN7. The van der Waals surface area contributed by atoms with Crippen LogP contribution in [-0.4, -0.2) is 44.4 Å². The molecule has 0 unspecified atom stereocenters. The molecule has 21 heavy (non-hydrogen) atoms. The molecule has 7 nitrogen and oxygen atoms in total. The number of rotatable bonds is 5. The van der Waals surface area contributed by atoms with Gasteiger partial charge in [0.15, 0.2) is 0 Å². The number of piperidine rings is 1. The molecule has 3 heterocycles. The van der Waals surface area contributed by atoms with Crippen LogP contribution in [0.4, 0.5) is 11.9 Å². The maximum Gasteiger partial charge on any atom is 0.231 e. The quantitative estimate of drug-likeness (QED) is 0.908. The average molecular weight is 308 g/mol. The summed E-state index contributed by atoms with van der Waals surface area (Å²) in [7, 11) is 0. The monoisotopic (exact) mass is 307 g/mol. The Morgan fingerprint density at radius 1 is 1.14 bits per heavy atom. The first-order chi connectivity index (χ1) is 10.3. The third-order valence-electron chi connectivity index (χ3n) is 3.42. The molecule has 8 heteroatoms. The normalized spacial score (nSPS) is 15.2. The highest BCUT2D eigenvalue weighted by atomic mass is 35.5. The largest absolute Gasteiger partial charge is 0.352 e. The molecule has 0 aromatic carbocycles. The van der Waals surface area contributed by atoms with Crippen LogP contribution in [0.15, 0.2) is 18.5 Å². The molecule has 1 fully saturated rings. The van der Waals surface area contributed by atoms with Crippen LogP contribution in [0.3, 0.4) is 0 Å². The van der Waals surface area contributed by atoms with Gasteiger partial charge in [0.2, 0.25) is 17.2 Å². The first-order valence-electron chi connectivity index (χ1n) is 7.19. The number of nitrogens with zero attached hydrogens (tertiary/aromatic N) is 6. The van der Waals surface area contributed by atoms with Gasteiger partial charge < -0.3 is 10.2 Å². The number of halogens is 1. The molecule has 0 bridgehead atoms. The number of hydrogen-bond acceptors (Lipinski definition) is 6. The maximum absolute atomic E-state index is 6.00. The molecule has 2 aromatic heterocycles. The molecule has 0 saturated carbocycles. The molecule has 0 spiro atoms. The standard InChI is InChI=1S/C13H18ClN7/c14-11-17-12(15-6-10-21-9-4-5-16-21)19-13(18-11)20-7-2-1-3-8-20/h4-5,9H,1-3,6-8,10H2,(H,15,17,18,19). The van der Waals surface area contributed by atoms with E-state index in [1.54, 1.807) is 6.20 Å². The fourth-order valence-corrected chi connectivity index (χ4v) is 2.52. The van der Waals surface area contributed by atoms with E-state index in [0.29, 0.717) is 18.4 Å². The lowest BCUT2D eigenvalue weighted by Gasteiger charge is -2.26. The molecule has 0 atom stereocenters. The van der Waals surface area contributed by atoms with Gasteiger partial charge in [-0.1, -0.05) is 0 Å². The van der Waals surface area contributed by atoms with Crippen molar-refractivity contribution in [3.8, 4) is 0 Å². The molecule has 1 N–H and O–H groups in total. The van der Waals surface area contributed by atoms with Crippen molar-refractivity contribution in [2.45, 2.75) is 25.8 Å². The van der Waals surface area contributed by atoms with E-state index in [-0.39, 0.29) is 5.28 Å². The second-order valence-corrected chi connectivity index (χ2v) is 5.31. The first kappa shape index (κ1) is 14.1. The van der Waals surface area contributed by atoms with Crippen molar-refractivity contribution in [1.29, 1.82) is 0 Å². The Balaban J connectivity index is 1.63. The maximum atomic E-state index is 6.00. The van der Waals surface area contributed by atoms with Crippen molar-refractivity contribution < 1.29 is 0 Å².